The maximum absolute atomic E-state index is 15.2. The number of nitrogens with two attached hydrogens (primary N) is 1. The first-order valence-electron chi connectivity index (χ1n) is 10.2. The van der Waals surface area contributed by atoms with Gasteiger partial charge in [-0.1, -0.05) is 0 Å². The SMILES string of the molecule is Cc1nc(N)c2c(-c3ccc(-n4ncn(Cc5cc(F)ccc5F)c4=O)cc3F)cn(C)c2n1. The summed E-state index contributed by atoms with van der Waals surface area (Å²) in [5.74, 6) is -1.14. The fraction of sp³-hybridized carbons (Fsp3) is 0.130. The molecule has 0 atom stereocenters. The summed E-state index contributed by atoms with van der Waals surface area (Å²) in [7, 11) is 1.78. The topological polar surface area (TPSA) is 96.5 Å². The number of aryl methyl sites for hydroxylation is 2. The smallest absolute Gasteiger partial charge is 0.350 e. The summed E-state index contributed by atoms with van der Waals surface area (Å²) in [5, 5.41) is 4.52. The van der Waals surface area contributed by atoms with Crippen molar-refractivity contribution in [2.45, 2.75) is 13.5 Å². The molecule has 0 bridgehead atoms. The van der Waals surface area contributed by atoms with Gasteiger partial charge in [0.2, 0.25) is 0 Å². The van der Waals surface area contributed by atoms with Gasteiger partial charge < -0.3 is 10.3 Å². The van der Waals surface area contributed by atoms with Crippen LogP contribution in [-0.2, 0) is 13.6 Å². The molecule has 0 aliphatic heterocycles. The molecule has 8 nitrogen and oxygen atoms in total. The molecule has 2 aromatic carbocycles. The summed E-state index contributed by atoms with van der Waals surface area (Å²) < 4.78 is 46.5. The average Bonchev–Trinajstić information content (AvgIpc) is 3.30. The predicted octanol–water partition coefficient (Wildman–Crippen LogP) is 3.34. The minimum atomic E-state index is -0.648. The zero-order valence-electron chi connectivity index (χ0n) is 18.1. The number of fused-ring (bicyclic) bond motifs is 1. The number of aromatic nitrogens is 6. The van der Waals surface area contributed by atoms with E-state index in [4.69, 9.17) is 5.73 Å². The van der Waals surface area contributed by atoms with E-state index < -0.39 is 23.1 Å². The molecule has 0 fully saturated rings. The van der Waals surface area contributed by atoms with Crippen molar-refractivity contribution < 1.29 is 13.2 Å². The van der Waals surface area contributed by atoms with Crippen molar-refractivity contribution in [1.82, 2.24) is 28.9 Å². The van der Waals surface area contributed by atoms with Crippen LogP contribution < -0.4 is 11.4 Å². The quantitative estimate of drug-likeness (QED) is 0.439. The highest BCUT2D eigenvalue weighted by Crippen LogP contribution is 2.34. The summed E-state index contributed by atoms with van der Waals surface area (Å²) in [6.07, 6.45) is 2.89. The molecule has 3 heterocycles. The lowest BCUT2D eigenvalue weighted by molar-refractivity contribution is 0.574. The molecule has 0 saturated heterocycles. The average molecular weight is 465 g/mol. The standard InChI is InChI=1S/C23H18F3N7O/c1-12-29-21(27)20-17(10-31(2)22(20)30-12)16-5-4-15(8-19(16)26)33-23(34)32(11-28-33)9-13-7-14(24)3-6-18(13)25/h3-8,10-11H,9H2,1-2H3,(H2,27,29,30). The van der Waals surface area contributed by atoms with E-state index in [0.29, 0.717) is 22.4 Å². The van der Waals surface area contributed by atoms with Crippen molar-refractivity contribution in [3.05, 3.63) is 88.2 Å². The zero-order chi connectivity index (χ0) is 24.1. The van der Waals surface area contributed by atoms with E-state index in [1.807, 2.05) is 0 Å². The minimum absolute atomic E-state index is 0.00539. The molecule has 0 spiro atoms. The Morgan fingerprint density at radius 3 is 2.56 bits per heavy atom. The zero-order valence-corrected chi connectivity index (χ0v) is 18.1. The first-order valence-corrected chi connectivity index (χ1v) is 10.2. The van der Waals surface area contributed by atoms with Crippen LogP contribution in [0, 0.1) is 24.4 Å². The molecule has 2 N–H and O–H groups in total. The van der Waals surface area contributed by atoms with E-state index in [2.05, 4.69) is 15.1 Å². The molecule has 0 aliphatic rings. The Kier molecular flexibility index (Phi) is 4.96. The van der Waals surface area contributed by atoms with Gasteiger partial charge in [-0.15, -0.1) is 0 Å². The predicted molar refractivity (Wildman–Crippen MR) is 120 cm³/mol. The maximum atomic E-state index is 15.2. The number of nitrogens with zero attached hydrogens (tertiary/aromatic N) is 6. The third-order valence-corrected chi connectivity index (χ3v) is 5.53. The second kappa shape index (κ2) is 7.87. The van der Waals surface area contributed by atoms with Gasteiger partial charge in [-0.05, 0) is 37.3 Å². The third kappa shape index (κ3) is 3.51. The van der Waals surface area contributed by atoms with Crippen molar-refractivity contribution in [3.8, 4) is 16.8 Å². The number of hydrogen-bond acceptors (Lipinski definition) is 5. The fourth-order valence-corrected chi connectivity index (χ4v) is 3.94. The van der Waals surface area contributed by atoms with Gasteiger partial charge in [0.15, 0.2) is 0 Å². The normalized spacial score (nSPS) is 11.4. The van der Waals surface area contributed by atoms with Crippen LogP contribution in [0.3, 0.4) is 0 Å². The van der Waals surface area contributed by atoms with Gasteiger partial charge >= 0.3 is 5.69 Å². The summed E-state index contributed by atoms with van der Waals surface area (Å²) in [6, 6.07) is 7.20. The number of rotatable bonds is 4. The molecular weight excluding hydrogens is 447 g/mol. The Balaban J connectivity index is 1.53. The van der Waals surface area contributed by atoms with Gasteiger partial charge in [0, 0.05) is 36.0 Å². The molecule has 34 heavy (non-hydrogen) atoms. The van der Waals surface area contributed by atoms with Crippen LogP contribution in [0.5, 0.6) is 0 Å². The molecule has 0 unspecified atom stereocenters. The van der Waals surface area contributed by atoms with Gasteiger partial charge in [-0.25, -0.2) is 27.9 Å². The van der Waals surface area contributed by atoms with Crippen molar-refractivity contribution >= 4 is 16.9 Å². The van der Waals surface area contributed by atoms with E-state index in [9.17, 15) is 13.6 Å². The first-order chi connectivity index (χ1) is 16.2. The molecule has 3 aromatic heterocycles. The number of anilines is 1. The monoisotopic (exact) mass is 465 g/mol. The molecule has 0 saturated carbocycles. The Bertz CT molecular complexity index is 1630. The highest BCUT2D eigenvalue weighted by Gasteiger charge is 2.19. The maximum Gasteiger partial charge on any atom is 0.350 e. The molecule has 0 amide bonds. The fourth-order valence-electron chi connectivity index (χ4n) is 3.94. The highest BCUT2D eigenvalue weighted by molar-refractivity contribution is 6.00. The Morgan fingerprint density at radius 2 is 1.79 bits per heavy atom. The molecule has 0 radical (unpaired) electrons. The molecule has 0 aliphatic carbocycles. The molecule has 11 heteroatoms. The summed E-state index contributed by atoms with van der Waals surface area (Å²) in [4.78, 5) is 21.3. The second-order valence-electron chi connectivity index (χ2n) is 7.86. The van der Waals surface area contributed by atoms with E-state index in [1.165, 1.54) is 24.5 Å². The number of nitrogen functional groups attached to an aromatic ring is 1. The summed E-state index contributed by atoms with van der Waals surface area (Å²) in [5.41, 5.74) is 6.96. The lowest BCUT2D eigenvalue weighted by Crippen LogP contribution is -2.24. The van der Waals surface area contributed by atoms with E-state index >= 15 is 4.39 Å². The van der Waals surface area contributed by atoms with Crippen molar-refractivity contribution in [2.75, 3.05) is 5.73 Å². The van der Waals surface area contributed by atoms with Gasteiger partial charge in [0.05, 0.1) is 17.6 Å². The molecule has 5 aromatic rings. The van der Waals surface area contributed by atoms with Crippen LogP contribution in [0.25, 0.3) is 27.8 Å². The first kappa shape index (κ1) is 21.4. The number of halogens is 3. The number of benzene rings is 2. The summed E-state index contributed by atoms with van der Waals surface area (Å²) >= 11 is 0. The second-order valence-corrected chi connectivity index (χ2v) is 7.86. The Morgan fingerprint density at radius 1 is 1.00 bits per heavy atom. The van der Waals surface area contributed by atoms with Crippen LogP contribution in [0.1, 0.15) is 11.4 Å². The van der Waals surface area contributed by atoms with Crippen molar-refractivity contribution in [3.63, 3.8) is 0 Å². The molecule has 172 valence electrons. The third-order valence-electron chi connectivity index (χ3n) is 5.53. The van der Waals surface area contributed by atoms with Crippen molar-refractivity contribution in [2.24, 2.45) is 7.05 Å². The highest BCUT2D eigenvalue weighted by atomic mass is 19.1. The largest absolute Gasteiger partial charge is 0.383 e. The van der Waals surface area contributed by atoms with Crippen LogP contribution in [0.4, 0.5) is 19.0 Å². The van der Waals surface area contributed by atoms with Crippen LogP contribution in [0.15, 0.2) is 53.7 Å². The molecular formula is C23H18F3N7O. The lowest BCUT2D eigenvalue weighted by atomic mass is 10.0. The lowest BCUT2D eigenvalue weighted by Gasteiger charge is -2.07. The van der Waals surface area contributed by atoms with E-state index in [-0.39, 0.29) is 29.2 Å². The van der Waals surface area contributed by atoms with Gasteiger partial charge in [-0.2, -0.15) is 9.78 Å². The Hall–Kier alpha value is -4.41. The van der Waals surface area contributed by atoms with Crippen LogP contribution in [-0.4, -0.2) is 28.9 Å². The van der Waals surface area contributed by atoms with Crippen LogP contribution in [0.2, 0.25) is 0 Å². The summed E-state index contributed by atoms with van der Waals surface area (Å²) in [6.45, 7) is 1.50. The number of hydrogen-bond donors (Lipinski definition) is 1. The van der Waals surface area contributed by atoms with Gasteiger partial charge in [-0.3, -0.25) is 4.57 Å². The van der Waals surface area contributed by atoms with Crippen LogP contribution >= 0.6 is 0 Å². The van der Waals surface area contributed by atoms with E-state index in [0.717, 1.165) is 27.4 Å². The van der Waals surface area contributed by atoms with Gasteiger partial charge in [0.1, 0.15) is 41.1 Å². The molecule has 5 rings (SSSR count). The Labute approximate surface area is 190 Å². The minimum Gasteiger partial charge on any atom is -0.383 e. The van der Waals surface area contributed by atoms with Crippen molar-refractivity contribution in [1.29, 1.82) is 0 Å². The van der Waals surface area contributed by atoms with Gasteiger partial charge in [0.25, 0.3) is 0 Å². The van der Waals surface area contributed by atoms with E-state index in [1.54, 1.807) is 24.7 Å².